The molecule has 1 saturated carbocycles. The molecule has 0 saturated heterocycles. The predicted molar refractivity (Wildman–Crippen MR) is 70.9 cm³/mol. The van der Waals surface area contributed by atoms with E-state index in [0.29, 0.717) is 5.92 Å². The Morgan fingerprint density at radius 2 is 2.12 bits per heavy atom. The number of nitrogens with two attached hydrogens (primary N) is 1. The summed E-state index contributed by atoms with van der Waals surface area (Å²) >= 11 is 0. The fraction of sp³-hybridized carbons (Fsp3) is 0.357. The Morgan fingerprint density at radius 1 is 1.29 bits per heavy atom. The summed E-state index contributed by atoms with van der Waals surface area (Å²) in [6.45, 7) is 2.09. The van der Waals surface area contributed by atoms with Gasteiger partial charge in [0, 0.05) is 11.3 Å². The number of fused-ring (bicyclic) bond motifs is 1. The third-order valence-corrected chi connectivity index (χ3v) is 3.65. The van der Waals surface area contributed by atoms with E-state index < -0.39 is 0 Å². The van der Waals surface area contributed by atoms with Crippen molar-refractivity contribution in [2.24, 2.45) is 5.84 Å². The van der Waals surface area contributed by atoms with Crippen LogP contribution in [0.25, 0.3) is 10.9 Å². The molecule has 1 heterocycles. The Hall–Kier alpha value is -1.61. The number of nitrogens with one attached hydrogen (secondary N) is 1. The van der Waals surface area contributed by atoms with Crippen molar-refractivity contribution in [3.63, 3.8) is 0 Å². The molecule has 3 N–H and O–H groups in total. The maximum absolute atomic E-state index is 5.61. The summed E-state index contributed by atoms with van der Waals surface area (Å²) in [5.74, 6) is 6.20. The van der Waals surface area contributed by atoms with Crippen LogP contribution in [-0.4, -0.2) is 4.98 Å². The number of nitrogens with zero attached hydrogens (tertiary/aromatic N) is 1. The minimum atomic E-state index is 0.590. The maximum atomic E-state index is 5.61. The van der Waals surface area contributed by atoms with E-state index in [9.17, 15) is 0 Å². The van der Waals surface area contributed by atoms with Crippen molar-refractivity contribution in [3.8, 4) is 0 Å². The average Bonchev–Trinajstić information content (AvgIpc) is 2.26. The highest BCUT2D eigenvalue weighted by Gasteiger charge is 2.23. The molecule has 0 aliphatic heterocycles. The summed E-state index contributed by atoms with van der Waals surface area (Å²) in [5, 5.41) is 1.15. The van der Waals surface area contributed by atoms with Crippen LogP contribution in [0.5, 0.6) is 0 Å². The third-order valence-electron chi connectivity index (χ3n) is 3.65. The zero-order valence-corrected chi connectivity index (χ0v) is 10.0. The lowest BCUT2D eigenvalue weighted by atomic mass is 9.82. The summed E-state index contributed by atoms with van der Waals surface area (Å²) < 4.78 is 0. The Bertz CT molecular complexity index is 559. The van der Waals surface area contributed by atoms with E-state index in [1.54, 1.807) is 0 Å². The summed E-state index contributed by atoms with van der Waals surface area (Å²) in [7, 11) is 0. The van der Waals surface area contributed by atoms with Gasteiger partial charge in [0.05, 0.1) is 16.9 Å². The molecule has 1 aromatic carbocycles. The number of pyridine rings is 1. The molecule has 0 atom stereocenters. The van der Waals surface area contributed by atoms with Crippen LogP contribution < -0.4 is 11.3 Å². The molecule has 3 rings (SSSR count). The monoisotopic (exact) mass is 227 g/mol. The van der Waals surface area contributed by atoms with Crippen molar-refractivity contribution in [1.29, 1.82) is 0 Å². The zero-order chi connectivity index (χ0) is 11.8. The highest BCUT2D eigenvalue weighted by Crippen LogP contribution is 2.39. The Balaban J connectivity index is 2.17. The first-order valence-electron chi connectivity index (χ1n) is 6.16. The normalized spacial score (nSPS) is 15.9. The van der Waals surface area contributed by atoms with Gasteiger partial charge < -0.3 is 5.43 Å². The largest absolute Gasteiger partial charge is 0.322 e. The molecular formula is C14H17N3. The Morgan fingerprint density at radius 3 is 2.76 bits per heavy atom. The lowest BCUT2D eigenvalue weighted by Crippen LogP contribution is -2.16. The van der Waals surface area contributed by atoms with Crippen molar-refractivity contribution in [2.75, 3.05) is 5.43 Å². The van der Waals surface area contributed by atoms with Crippen LogP contribution in [0.1, 0.15) is 36.4 Å². The van der Waals surface area contributed by atoms with Gasteiger partial charge in [-0.25, -0.2) is 0 Å². The molecule has 17 heavy (non-hydrogen) atoms. The van der Waals surface area contributed by atoms with E-state index in [0.717, 1.165) is 22.3 Å². The van der Waals surface area contributed by atoms with E-state index in [1.807, 2.05) is 0 Å². The summed E-state index contributed by atoms with van der Waals surface area (Å²) in [6, 6.07) is 8.46. The third kappa shape index (κ3) is 1.76. The topological polar surface area (TPSA) is 50.9 Å². The first-order valence-corrected chi connectivity index (χ1v) is 6.16. The highest BCUT2D eigenvalue weighted by atomic mass is 15.2. The van der Waals surface area contributed by atoms with E-state index in [-0.39, 0.29) is 0 Å². The van der Waals surface area contributed by atoms with Gasteiger partial charge in [-0.2, -0.15) is 0 Å². The van der Waals surface area contributed by atoms with Crippen LogP contribution in [0.3, 0.4) is 0 Å². The van der Waals surface area contributed by atoms with Gasteiger partial charge in [-0.3, -0.25) is 10.8 Å². The number of benzene rings is 1. The van der Waals surface area contributed by atoms with Crippen molar-refractivity contribution < 1.29 is 0 Å². The first-order chi connectivity index (χ1) is 8.28. The lowest BCUT2D eigenvalue weighted by molar-refractivity contribution is 0.413. The van der Waals surface area contributed by atoms with Crippen LogP contribution in [0, 0.1) is 6.92 Å². The fourth-order valence-electron chi connectivity index (χ4n) is 2.42. The average molecular weight is 227 g/mol. The number of rotatable bonds is 2. The van der Waals surface area contributed by atoms with Crippen molar-refractivity contribution in [2.45, 2.75) is 32.1 Å². The summed E-state index contributed by atoms with van der Waals surface area (Å²) in [4.78, 5) is 4.77. The van der Waals surface area contributed by atoms with Crippen molar-refractivity contribution in [1.82, 2.24) is 4.98 Å². The van der Waals surface area contributed by atoms with Gasteiger partial charge in [-0.05, 0) is 38.0 Å². The number of aryl methyl sites for hydroxylation is 1. The maximum Gasteiger partial charge on any atom is 0.0710 e. The van der Waals surface area contributed by atoms with Gasteiger partial charge in [-0.15, -0.1) is 0 Å². The molecule has 1 aliphatic carbocycles. The molecule has 2 aromatic rings. The lowest BCUT2D eigenvalue weighted by Gasteiger charge is -2.26. The highest BCUT2D eigenvalue weighted by molar-refractivity contribution is 5.83. The second-order valence-corrected chi connectivity index (χ2v) is 4.89. The van der Waals surface area contributed by atoms with Crippen LogP contribution in [0.15, 0.2) is 24.3 Å². The second-order valence-electron chi connectivity index (χ2n) is 4.89. The Kier molecular flexibility index (Phi) is 2.48. The summed E-state index contributed by atoms with van der Waals surface area (Å²) in [5.41, 5.74) is 7.22. The quantitative estimate of drug-likeness (QED) is 0.612. The molecule has 0 spiro atoms. The van der Waals surface area contributed by atoms with Crippen LogP contribution >= 0.6 is 0 Å². The molecule has 3 heteroatoms. The van der Waals surface area contributed by atoms with Gasteiger partial charge in [-0.1, -0.05) is 18.1 Å². The Labute approximate surface area is 101 Å². The van der Waals surface area contributed by atoms with Gasteiger partial charge >= 0.3 is 0 Å². The second kappa shape index (κ2) is 4.00. The number of anilines is 1. The molecular weight excluding hydrogens is 210 g/mol. The molecule has 3 nitrogen and oxygen atoms in total. The van der Waals surface area contributed by atoms with Gasteiger partial charge in [0.2, 0.25) is 0 Å². The standard InChI is InChI=1S/C14H17N3/c1-9-5-6-12-11(7-9)8-13(17-15)14(16-12)10-3-2-4-10/h5-8,10,17H,2-4,15H2,1H3. The number of hydrogen-bond acceptors (Lipinski definition) is 3. The first kappa shape index (κ1) is 10.5. The molecule has 0 amide bonds. The van der Waals surface area contributed by atoms with E-state index >= 15 is 0 Å². The molecule has 0 bridgehead atoms. The molecule has 0 radical (unpaired) electrons. The number of hydrazine groups is 1. The minimum Gasteiger partial charge on any atom is -0.322 e. The van der Waals surface area contributed by atoms with Gasteiger partial charge in [0.15, 0.2) is 0 Å². The van der Waals surface area contributed by atoms with Crippen LogP contribution in [-0.2, 0) is 0 Å². The van der Waals surface area contributed by atoms with Crippen molar-refractivity contribution in [3.05, 3.63) is 35.5 Å². The summed E-state index contributed by atoms with van der Waals surface area (Å²) in [6.07, 6.45) is 3.78. The van der Waals surface area contributed by atoms with Gasteiger partial charge in [0.25, 0.3) is 0 Å². The van der Waals surface area contributed by atoms with E-state index in [1.165, 1.54) is 24.8 Å². The van der Waals surface area contributed by atoms with E-state index in [2.05, 4.69) is 36.6 Å². The van der Waals surface area contributed by atoms with Gasteiger partial charge in [0.1, 0.15) is 0 Å². The fourth-order valence-corrected chi connectivity index (χ4v) is 2.42. The number of hydrogen-bond donors (Lipinski definition) is 2. The van der Waals surface area contributed by atoms with E-state index in [4.69, 9.17) is 10.8 Å². The smallest absolute Gasteiger partial charge is 0.0710 e. The van der Waals surface area contributed by atoms with Crippen LogP contribution in [0.4, 0.5) is 5.69 Å². The molecule has 88 valence electrons. The molecule has 1 aromatic heterocycles. The van der Waals surface area contributed by atoms with Crippen molar-refractivity contribution >= 4 is 16.6 Å². The molecule has 1 fully saturated rings. The van der Waals surface area contributed by atoms with Crippen LogP contribution in [0.2, 0.25) is 0 Å². The SMILES string of the molecule is Cc1ccc2nc(C3CCC3)c(NN)cc2c1. The minimum absolute atomic E-state index is 0.590. The molecule has 1 aliphatic rings. The predicted octanol–water partition coefficient (Wildman–Crippen LogP) is 3.10. The molecule has 0 unspecified atom stereocenters. The number of nitrogen functional groups attached to an aromatic ring is 1. The number of aromatic nitrogens is 1. The zero-order valence-electron chi connectivity index (χ0n) is 10.0.